The van der Waals surface area contributed by atoms with Crippen molar-refractivity contribution in [2.24, 2.45) is 68.2 Å². The number of nitrogens with one attached hydrogen (secondary N) is 13. The number of hydrogen-bond donors (Lipinski definition) is 22. The summed E-state index contributed by atoms with van der Waals surface area (Å²) in [6, 6.07) is -20.2. The number of aliphatic carboxylic acids is 2. The van der Waals surface area contributed by atoms with Crippen LogP contribution < -0.4 is 97.8 Å². The molecule has 0 aromatic heterocycles. The third-order valence-electron chi connectivity index (χ3n) is 15.9. The Morgan fingerprint density at radius 1 is 0.356 bits per heavy atom. The molecule has 39 heteroatoms. The minimum absolute atomic E-state index is 0.00122. The van der Waals surface area contributed by atoms with Gasteiger partial charge in [-0.25, -0.2) is 4.79 Å². The Morgan fingerprint density at radius 3 is 0.952 bits per heavy atom. The van der Waals surface area contributed by atoms with Crippen molar-refractivity contribution in [1.82, 2.24) is 69.1 Å². The first-order valence-electron chi connectivity index (χ1n) is 34.8. The fourth-order valence-electron chi connectivity index (χ4n) is 9.94. The average Bonchev–Trinajstić information content (AvgIpc) is 0.855. The summed E-state index contributed by atoms with van der Waals surface area (Å²) < 4.78 is 0. The zero-order chi connectivity index (χ0) is 80.2. The summed E-state index contributed by atoms with van der Waals surface area (Å²) >= 11 is 0. The molecule has 0 saturated heterocycles. The number of carboxylic acid groups (broad SMARTS) is 2. The maximum Gasteiger partial charge on any atom is 0.326 e. The first-order chi connectivity index (χ1) is 48.3. The Balaban J connectivity index is 6.55. The number of carbonyl (C=O) groups excluding carboxylic acids is 13. The predicted octanol–water partition coefficient (Wildman–Crippen LogP) is -6.03. The van der Waals surface area contributed by atoms with Gasteiger partial charge in [0.1, 0.15) is 84.6 Å². The Bertz CT molecular complexity index is 2960. The Kier molecular flexibility index (Phi) is 43.3. The van der Waals surface area contributed by atoms with E-state index in [4.69, 9.17) is 28.7 Å². The molecule has 104 heavy (non-hydrogen) atoms. The zero-order valence-electron chi connectivity index (χ0n) is 62.4. The highest BCUT2D eigenvalue weighted by Crippen LogP contribution is 2.15. The normalized spacial score (nSPS) is 15.9. The van der Waals surface area contributed by atoms with Gasteiger partial charge in [0.15, 0.2) is 11.9 Å². The molecule has 0 aliphatic rings. The predicted molar refractivity (Wildman–Crippen MR) is 382 cm³/mol. The molecule has 0 saturated carbocycles. The number of aliphatic hydroxyl groups is 2. The standard InChI is InChI=1S/C65H118N20O19/c1-16-33(10)48(63(103)104)84-56(96)41(20-18-22-72-65(69)70)77-55(95)40(19-17-21-71-64(67)68)78-59(99)43(24-30(4)5)79-51(91)35(12)73-50(90)34(11)75-57(97)42(23-29(2)3)81-60(100)44(25-31(6)7)80-52(92)36(13)76-58(98)46(27-47(88)89)82-61(101)45(26-32(8)9)83-62(102)49(38(15)87)85-53(93)37(14)74-54(94)39(66)28-86/h29-46,48-49,86-87H,16-28,66H2,1-15H3,(H,73,90)(H,74,94)(H,75,97)(H,76,98)(H,77,95)(H,78,99)(H,79,91)(H,80,92)(H,81,100)(H,82,101)(H,83,102)(H,84,96)(H,85,93)(H,88,89)(H,103,104)(H4,67,68,71)(H4,69,70,72)/t33-,34-,35-,36-,37-,38+,39-,40-,41-,42-,43-,44-,45-,46-,48-,49-/m0/s1. The number of carboxylic acids is 2. The van der Waals surface area contributed by atoms with Gasteiger partial charge in [-0.2, -0.15) is 0 Å². The number of amides is 13. The molecule has 0 aliphatic carbocycles. The second-order valence-electron chi connectivity index (χ2n) is 27.6. The van der Waals surface area contributed by atoms with Crippen molar-refractivity contribution < 1.29 is 92.3 Å². The lowest BCUT2D eigenvalue weighted by molar-refractivity contribution is -0.144. The van der Waals surface area contributed by atoms with Crippen LogP contribution in [0.2, 0.25) is 0 Å². The molecule has 0 radical (unpaired) electrons. The fraction of sp³-hybridized carbons (Fsp3) is 0.738. The van der Waals surface area contributed by atoms with Crippen LogP contribution in [-0.4, -0.2) is 231 Å². The molecule has 0 aromatic carbocycles. The van der Waals surface area contributed by atoms with E-state index < -0.39 is 198 Å². The molecule has 0 aromatic rings. The van der Waals surface area contributed by atoms with Crippen molar-refractivity contribution in [3.8, 4) is 0 Å². The summed E-state index contributed by atoms with van der Waals surface area (Å²) in [6.07, 6.45) is -2.27. The number of guanidine groups is 2. The largest absolute Gasteiger partial charge is 0.481 e. The van der Waals surface area contributed by atoms with E-state index in [1.54, 1.807) is 69.2 Å². The molecule has 13 amide bonds. The van der Waals surface area contributed by atoms with Gasteiger partial charge < -0.3 is 118 Å². The number of carbonyl (C=O) groups is 15. The van der Waals surface area contributed by atoms with E-state index in [1.807, 2.05) is 0 Å². The van der Waals surface area contributed by atoms with E-state index in [9.17, 15) is 92.3 Å². The van der Waals surface area contributed by atoms with Crippen LogP contribution in [-0.2, 0) is 71.9 Å². The van der Waals surface area contributed by atoms with Crippen LogP contribution in [0.3, 0.4) is 0 Å². The van der Waals surface area contributed by atoms with E-state index in [0.29, 0.717) is 6.42 Å². The Labute approximate surface area is 606 Å². The van der Waals surface area contributed by atoms with Gasteiger partial charge in [0.2, 0.25) is 76.8 Å². The third kappa shape index (κ3) is 37.1. The van der Waals surface area contributed by atoms with Gasteiger partial charge in [-0.3, -0.25) is 77.1 Å². The van der Waals surface area contributed by atoms with Crippen molar-refractivity contribution in [3.05, 3.63) is 0 Å². The van der Waals surface area contributed by atoms with Crippen LogP contribution in [0.25, 0.3) is 0 Å². The average molecular weight is 1480 g/mol. The molecular weight excluding hydrogens is 1360 g/mol. The number of nitrogens with two attached hydrogens (primary N) is 5. The van der Waals surface area contributed by atoms with Gasteiger partial charge in [0.25, 0.3) is 0 Å². The maximum absolute atomic E-state index is 14.2. The van der Waals surface area contributed by atoms with Crippen molar-refractivity contribution in [2.75, 3.05) is 19.7 Å². The van der Waals surface area contributed by atoms with Gasteiger partial charge in [-0.05, 0) is 116 Å². The van der Waals surface area contributed by atoms with Crippen LogP contribution in [0.1, 0.15) is 168 Å². The highest BCUT2D eigenvalue weighted by atomic mass is 16.4. The summed E-state index contributed by atoms with van der Waals surface area (Å²) in [5.74, 6) is -17.2. The molecule has 0 rings (SSSR count). The van der Waals surface area contributed by atoms with Gasteiger partial charge in [0.05, 0.1) is 19.1 Å². The number of aliphatic imine (C=N–C) groups is 2. The maximum atomic E-state index is 14.2. The van der Waals surface area contributed by atoms with Crippen LogP contribution in [0.5, 0.6) is 0 Å². The zero-order valence-corrected chi connectivity index (χ0v) is 62.4. The highest BCUT2D eigenvalue weighted by molar-refractivity contribution is 6.00. The van der Waals surface area contributed by atoms with Crippen LogP contribution in [0.4, 0.5) is 0 Å². The lowest BCUT2D eigenvalue weighted by atomic mass is 9.98. The molecule has 592 valence electrons. The molecule has 39 nitrogen and oxygen atoms in total. The summed E-state index contributed by atoms with van der Waals surface area (Å²) in [5, 5.41) is 71.4. The number of hydrogen-bond acceptors (Lipinski definition) is 20. The Morgan fingerprint density at radius 2 is 0.625 bits per heavy atom. The molecule has 0 fully saturated rings. The van der Waals surface area contributed by atoms with Crippen molar-refractivity contribution in [2.45, 2.75) is 259 Å². The van der Waals surface area contributed by atoms with Crippen molar-refractivity contribution >= 4 is 101 Å². The minimum Gasteiger partial charge on any atom is -0.481 e. The Hall–Kier alpha value is -9.53. The monoisotopic (exact) mass is 1480 g/mol. The second-order valence-corrected chi connectivity index (χ2v) is 27.6. The summed E-state index contributed by atoms with van der Waals surface area (Å²) in [5.41, 5.74) is 27.5. The smallest absolute Gasteiger partial charge is 0.326 e. The van der Waals surface area contributed by atoms with E-state index in [-0.39, 0.29) is 100 Å². The quantitative estimate of drug-likeness (QED) is 0.0153. The lowest BCUT2D eigenvalue weighted by Crippen LogP contribution is -2.61. The topological polar surface area (TPSA) is 648 Å². The lowest BCUT2D eigenvalue weighted by Gasteiger charge is -2.28. The van der Waals surface area contributed by atoms with Crippen molar-refractivity contribution in [3.63, 3.8) is 0 Å². The van der Waals surface area contributed by atoms with Gasteiger partial charge in [-0.1, -0.05) is 75.7 Å². The van der Waals surface area contributed by atoms with Crippen molar-refractivity contribution in [1.29, 1.82) is 0 Å². The second kappa shape index (κ2) is 47.7. The van der Waals surface area contributed by atoms with E-state index in [2.05, 4.69) is 79.1 Å². The molecule has 16 atom stereocenters. The number of rotatable bonds is 49. The van der Waals surface area contributed by atoms with Gasteiger partial charge in [-0.15, -0.1) is 0 Å². The van der Waals surface area contributed by atoms with E-state index in [0.717, 1.165) is 6.92 Å². The molecule has 0 spiro atoms. The molecule has 0 unspecified atom stereocenters. The van der Waals surface area contributed by atoms with Gasteiger partial charge >= 0.3 is 11.9 Å². The summed E-state index contributed by atoms with van der Waals surface area (Å²) in [6.45, 7) is 22.6. The van der Waals surface area contributed by atoms with E-state index in [1.165, 1.54) is 27.7 Å². The molecule has 0 bridgehead atoms. The van der Waals surface area contributed by atoms with Gasteiger partial charge in [0, 0.05) is 13.1 Å². The molecule has 27 N–H and O–H groups in total. The summed E-state index contributed by atoms with van der Waals surface area (Å²) in [4.78, 5) is 210. The number of nitrogens with zero attached hydrogens (tertiary/aromatic N) is 2. The van der Waals surface area contributed by atoms with Crippen LogP contribution in [0, 0.1) is 29.6 Å². The highest BCUT2D eigenvalue weighted by Gasteiger charge is 2.38. The molecular formula is C65H118N20O19. The number of aliphatic hydroxyl groups excluding tert-OH is 2. The van der Waals surface area contributed by atoms with Crippen LogP contribution in [0.15, 0.2) is 9.98 Å². The van der Waals surface area contributed by atoms with Crippen LogP contribution >= 0.6 is 0 Å². The molecule has 0 heterocycles. The first kappa shape index (κ1) is 94.5. The minimum atomic E-state index is -1.88. The molecule has 0 aliphatic heterocycles. The van der Waals surface area contributed by atoms with E-state index >= 15 is 0 Å². The third-order valence-corrected chi connectivity index (χ3v) is 15.9. The first-order valence-corrected chi connectivity index (χ1v) is 34.8. The SMILES string of the molecule is CC[C@H](C)[C@H](NC(=O)[C@H](CCCN=C(N)N)NC(=O)[C@H](CCCN=C(N)N)NC(=O)[C@H](CC(C)C)NC(=O)[C@H](C)NC(=O)[C@H](C)NC(=O)[C@H](CC(C)C)NC(=O)[C@H](CC(C)C)NC(=O)[C@H](C)NC(=O)[C@H](CC(=O)O)NC(=O)[C@H](CC(C)C)NC(=O)[C@@H](NC(=O)[C@H](C)NC(=O)[C@@H](N)CO)[C@@H](C)O)C(=O)O. The summed E-state index contributed by atoms with van der Waals surface area (Å²) in [7, 11) is 0. The fourth-order valence-corrected chi connectivity index (χ4v) is 9.94.